The van der Waals surface area contributed by atoms with E-state index in [0.29, 0.717) is 18.3 Å². The molecule has 28 heavy (non-hydrogen) atoms. The molecule has 0 spiro atoms. The van der Waals surface area contributed by atoms with Gasteiger partial charge >= 0.3 is 0 Å². The number of aromatic nitrogens is 3. The van der Waals surface area contributed by atoms with Crippen LogP contribution in [0, 0.1) is 6.92 Å². The summed E-state index contributed by atoms with van der Waals surface area (Å²) in [6, 6.07) is 14.7. The number of thiophene rings is 1. The Morgan fingerprint density at radius 1 is 1.25 bits per heavy atom. The highest BCUT2D eigenvalue weighted by Gasteiger charge is 2.26. The summed E-state index contributed by atoms with van der Waals surface area (Å²) in [5, 5.41) is 11.2. The van der Waals surface area contributed by atoms with Gasteiger partial charge in [0.25, 0.3) is 5.91 Å². The lowest BCUT2D eigenvalue weighted by molar-refractivity contribution is 0.0946. The number of carbonyl (C=O) groups is 1. The molecule has 0 bridgehead atoms. The Bertz CT molecular complexity index is 920. The predicted octanol–water partition coefficient (Wildman–Crippen LogP) is 3.24. The van der Waals surface area contributed by atoms with Crippen LogP contribution >= 0.6 is 11.3 Å². The normalized spacial score (nSPS) is 17.1. The first-order chi connectivity index (χ1) is 13.7. The Kier molecular flexibility index (Phi) is 5.83. The maximum Gasteiger partial charge on any atom is 0.273 e. The van der Waals surface area contributed by atoms with Crippen LogP contribution in [-0.4, -0.2) is 38.4 Å². The van der Waals surface area contributed by atoms with Crippen molar-refractivity contribution in [2.45, 2.75) is 45.4 Å². The van der Waals surface area contributed by atoms with Crippen LogP contribution in [0.15, 0.2) is 48.7 Å². The number of aryl methyl sites for hydroxylation is 1. The minimum atomic E-state index is -0.188. The Morgan fingerprint density at radius 2 is 2.11 bits per heavy atom. The van der Waals surface area contributed by atoms with E-state index >= 15 is 0 Å². The van der Waals surface area contributed by atoms with Crippen LogP contribution < -0.4 is 5.32 Å². The Labute approximate surface area is 169 Å². The summed E-state index contributed by atoms with van der Waals surface area (Å²) in [6.07, 6.45) is 4.11. The lowest BCUT2D eigenvalue weighted by Gasteiger charge is -2.23. The van der Waals surface area contributed by atoms with Gasteiger partial charge in [0.2, 0.25) is 0 Å². The molecule has 6 nitrogen and oxygen atoms in total. The zero-order chi connectivity index (χ0) is 19.3. The van der Waals surface area contributed by atoms with Gasteiger partial charge in [-0.05, 0) is 44.0 Å². The molecular formula is C21H25N5OS. The summed E-state index contributed by atoms with van der Waals surface area (Å²) >= 11 is 1.87. The number of hydrogen-bond acceptors (Lipinski definition) is 5. The molecule has 1 atom stereocenters. The molecule has 1 aliphatic rings. The molecule has 146 valence electrons. The van der Waals surface area contributed by atoms with Crippen LogP contribution in [0.2, 0.25) is 0 Å². The maximum absolute atomic E-state index is 12.3. The summed E-state index contributed by atoms with van der Waals surface area (Å²) in [7, 11) is 0. The first kappa shape index (κ1) is 18.8. The molecule has 2 aromatic heterocycles. The smallest absolute Gasteiger partial charge is 0.273 e. The van der Waals surface area contributed by atoms with E-state index in [4.69, 9.17) is 0 Å². The third-order valence-electron chi connectivity index (χ3n) is 5.12. The zero-order valence-corrected chi connectivity index (χ0v) is 16.9. The molecule has 1 fully saturated rings. The molecule has 1 amide bonds. The lowest BCUT2D eigenvalue weighted by atomic mass is 10.2. The second kappa shape index (κ2) is 8.67. The first-order valence-electron chi connectivity index (χ1n) is 9.69. The first-order valence-corrected chi connectivity index (χ1v) is 10.5. The van der Waals surface area contributed by atoms with Gasteiger partial charge in [-0.1, -0.05) is 35.5 Å². The van der Waals surface area contributed by atoms with Crippen LogP contribution in [0.4, 0.5) is 0 Å². The summed E-state index contributed by atoms with van der Waals surface area (Å²) in [4.78, 5) is 17.6. The molecule has 7 heteroatoms. The number of likely N-dealkylation sites (tertiary alicyclic amines) is 1. The van der Waals surface area contributed by atoms with E-state index in [-0.39, 0.29) is 5.91 Å². The van der Waals surface area contributed by atoms with Crippen molar-refractivity contribution in [2.24, 2.45) is 0 Å². The number of carbonyl (C=O) groups excluding carboxylic acids is 1. The summed E-state index contributed by atoms with van der Waals surface area (Å²) in [5.74, 6) is -0.188. The molecule has 4 rings (SSSR count). The van der Waals surface area contributed by atoms with Crippen molar-refractivity contribution in [3.8, 4) is 0 Å². The Hall–Kier alpha value is -2.51. The van der Waals surface area contributed by atoms with Crippen molar-refractivity contribution in [1.29, 1.82) is 0 Å². The lowest BCUT2D eigenvalue weighted by Crippen LogP contribution is -2.32. The van der Waals surface area contributed by atoms with Gasteiger partial charge in [0.05, 0.1) is 12.7 Å². The van der Waals surface area contributed by atoms with Crippen molar-refractivity contribution in [3.05, 3.63) is 69.7 Å². The van der Waals surface area contributed by atoms with Gasteiger partial charge in [-0.3, -0.25) is 14.4 Å². The molecule has 1 N–H and O–H groups in total. The molecule has 3 heterocycles. The number of rotatable bonds is 7. The number of benzene rings is 1. The van der Waals surface area contributed by atoms with E-state index in [2.05, 4.69) is 39.6 Å². The average molecular weight is 396 g/mol. The van der Waals surface area contributed by atoms with Gasteiger partial charge in [0.15, 0.2) is 5.69 Å². The highest BCUT2D eigenvalue weighted by molar-refractivity contribution is 7.11. The van der Waals surface area contributed by atoms with Crippen molar-refractivity contribution in [2.75, 3.05) is 6.54 Å². The SMILES string of the molecule is Cc1ccc(CN2CCC[C@H]2Cn2cc(C(=O)NCc3ccccc3)nn2)s1. The highest BCUT2D eigenvalue weighted by Crippen LogP contribution is 2.24. The second-order valence-electron chi connectivity index (χ2n) is 7.27. The number of amides is 1. The number of hydrogen-bond donors (Lipinski definition) is 1. The largest absolute Gasteiger partial charge is 0.347 e. The van der Waals surface area contributed by atoms with E-state index < -0.39 is 0 Å². The predicted molar refractivity (Wildman–Crippen MR) is 110 cm³/mol. The zero-order valence-electron chi connectivity index (χ0n) is 16.0. The molecule has 0 radical (unpaired) electrons. The van der Waals surface area contributed by atoms with E-state index in [9.17, 15) is 4.79 Å². The van der Waals surface area contributed by atoms with Crippen molar-refractivity contribution in [3.63, 3.8) is 0 Å². The monoisotopic (exact) mass is 395 g/mol. The van der Waals surface area contributed by atoms with E-state index in [1.807, 2.05) is 41.7 Å². The molecule has 0 aliphatic carbocycles. The Morgan fingerprint density at radius 3 is 2.89 bits per heavy atom. The fourth-order valence-corrected chi connectivity index (χ4v) is 4.57. The molecular weight excluding hydrogens is 370 g/mol. The van der Waals surface area contributed by atoms with Crippen LogP contribution in [0.3, 0.4) is 0 Å². The maximum atomic E-state index is 12.3. The fourth-order valence-electron chi connectivity index (χ4n) is 3.66. The van der Waals surface area contributed by atoms with E-state index in [1.54, 1.807) is 10.9 Å². The quantitative estimate of drug-likeness (QED) is 0.667. The standard InChI is InChI=1S/C21H25N5OS/c1-16-9-10-19(28-16)14-25-11-5-8-18(25)13-26-15-20(23-24-26)21(27)22-12-17-6-3-2-4-7-17/h2-4,6-7,9-10,15,18H,5,8,11-14H2,1H3,(H,22,27)/t18-/m0/s1. The Balaban J connectivity index is 1.32. The minimum absolute atomic E-state index is 0.188. The van der Waals surface area contributed by atoms with Crippen molar-refractivity contribution >= 4 is 17.2 Å². The summed E-state index contributed by atoms with van der Waals surface area (Å²) in [6.45, 7) is 5.50. The molecule has 1 aliphatic heterocycles. The van der Waals surface area contributed by atoms with Crippen LogP contribution in [-0.2, 0) is 19.6 Å². The molecule has 1 saturated heterocycles. The van der Waals surface area contributed by atoms with Crippen LogP contribution in [0.25, 0.3) is 0 Å². The minimum Gasteiger partial charge on any atom is -0.347 e. The number of nitrogens with one attached hydrogen (secondary N) is 1. The van der Waals surface area contributed by atoms with Crippen molar-refractivity contribution < 1.29 is 4.79 Å². The van der Waals surface area contributed by atoms with E-state index in [0.717, 1.165) is 31.6 Å². The molecule has 0 unspecified atom stereocenters. The van der Waals surface area contributed by atoms with Crippen molar-refractivity contribution in [1.82, 2.24) is 25.2 Å². The van der Waals surface area contributed by atoms with Gasteiger partial charge < -0.3 is 5.32 Å². The third kappa shape index (κ3) is 4.66. The summed E-state index contributed by atoms with van der Waals surface area (Å²) < 4.78 is 1.81. The fraction of sp³-hybridized carbons (Fsp3) is 0.381. The third-order valence-corrected chi connectivity index (χ3v) is 6.10. The van der Waals surface area contributed by atoms with Gasteiger partial charge in [-0.25, -0.2) is 0 Å². The molecule has 0 saturated carbocycles. The van der Waals surface area contributed by atoms with E-state index in [1.165, 1.54) is 16.2 Å². The molecule has 3 aromatic rings. The van der Waals surface area contributed by atoms with Gasteiger partial charge in [-0.2, -0.15) is 0 Å². The van der Waals surface area contributed by atoms with Crippen LogP contribution in [0.5, 0.6) is 0 Å². The number of nitrogens with zero attached hydrogens (tertiary/aromatic N) is 4. The second-order valence-corrected chi connectivity index (χ2v) is 8.65. The topological polar surface area (TPSA) is 63.1 Å². The molecule has 1 aromatic carbocycles. The van der Waals surface area contributed by atoms with Gasteiger partial charge in [0.1, 0.15) is 0 Å². The van der Waals surface area contributed by atoms with Crippen LogP contribution in [0.1, 0.15) is 38.6 Å². The average Bonchev–Trinajstić information content (AvgIpc) is 3.44. The summed E-state index contributed by atoms with van der Waals surface area (Å²) in [5.41, 5.74) is 1.43. The van der Waals surface area contributed by atoms with Gasteiger partial charge in [-0.15, -0.1) is 16.4 Å². The highest BCUT2D eigenvalue weighted by atomic mass is 32.1. The van der Waals surface area contributed by atoms with Gasteiger partial charge in [0, 0.05) is 28.9 Å².